The molecule has 140 valence electrons. The topological polar surface area (TPSA) is 68.3 Å². The third-order valence-corrected chi connectivity index (χ3v) is 4.11. The quantitative estimate of drug-likeness (QED) is 0.612. The van der Waals surface area contributed by atoms with Gasteiger partial charge in [0.1, 0.15) is 0 Å². The normalized spacial score (nSPS) is 18.5. The maximum Gasteiger partial charge on any atom is 0.186 e. The van der Waals surface area contributed by atoms with Gasteiger partial charge in [0.15, 0.2) is 23.1 Å². The molecule has 4 heteroatoms. The molecule has 0 saturated carbocycles. The Morgan fingerprint density at radius 3 is 1.15 bits per heavy atom. The second-order valence-electron chi connectivity index (χ2n) is 8.73. The average Bonchev–Trinajstić information content (AvgIpc) is 2.45. The van der Waals surface area contributed by atoms with Crippen molar-refractivity contribution < 1.29 is 19.2 Å². The summed E-state index contributed by atoms with van der Waals surface area (Å²) in [7, 11) is 0. The summed E-state index contributed by atoms with van der Waals surface area (Å²) in [4.78, 5) is 45.6. The molecule has 4 nitrogen and oxygen atoms in total. The van der Waals surface area contributed by atoms with Crippen LogP contribution < -0.4 is 0 Å². The van der Waals surface area contributed by atoms with E-state index in [4.69, 9.17) is 0 Å². The van der Waals surface area contributed by atoms with E-state index in [-0.39, 0.29) is 34.0 Å². The summed E-state index contributed by atoms with van der Waals surface area (Å²) in [6.07, 6.45) is 5.65. The summed E-state index contributed by atoms with van der Waals surface area (Å²) in [6, 6.07) is 0. The zero-order valence-electron chi connectivity index (χ0n) is 16.9. The van der Waals surface area contributed by atoms with Crippen molar-refractivity contribution in [3.63, 3.8) is 0 Å². The molecular formula is C22H28O4. The summed E-state index contributed by atoms with van der Waals surface area (Å²) in [5.74, 6) is -0.178. The first-order valence-electron chi connectivity index (χ1n) is 8.63. The van der Waals surface area contributed by atoms with Crippen molar-refractivity contribution in [1.29, 1.82) is 0 Å². The lowest BCUT2D eigenvalue weighted by molar-refractivity contribution is -0.116. The van der Waals surface area contributed by atoms with Gasteiger partial charge < -0.3 is 0 Å². The highest BCUT2D eigenvalue weighted by molar-refractivity contribution is 6.21. The zero-order valence-corrected chi connectivity index (χ0v) is 16.9. The lowest BCUT2D eigenvalue weighted by atomic mass is 9.72. The Hall–Kier alpha value is -2.36. The second kappa shape index (κ2) is 7.48. The van der Waals surface area contributed by atoms with Crippen LogP contribution in [0, 0.1) is 10.8 Å². The van der Waals surface area contributed by atoms with Gasteiger partial charge in [-0.25, -0.2) is 0 Å². The number of carbonyl (C=O) groups excluding carboxylic acids is 4. The van der Waals surface area contributed by atoms with Gasteiger partial charge in [0.05, 0.1) is 0 Å². The fourth-order valence-corrected chi connectivity index (χ4v) is 2.63. The fraction of sp³-hybridized carbons (Fsp3) is 0.455. The monoisotopic (exact) mass is 356 g/mol. The molecule has 0 heterocycles. The first kappa shape index (κ1) is 21.7. The van der Waals surface area contributed by atoms with Crippen LogP contribution in [0.5, 0.6) is 0 Å². The highest BCUT2D eigenvalue weighted by Gasteiger charge is 2.34. The van der Waals surface area contributed by atoms with Gasteiger partial charge in [0.25, 0.3) is 0 Å². The molecule has 0 atom stereocenters. The van der Waals surface area contributed by atoms with Gasteiger partial charge >= 0.3 is 0 Å². The minimum Gasteiger partial charge on any atom is -0.290 e. The van der Waals surface area contributed by atoms with Gasteiger partial charge in [-0.2, -0.15) is 0 Å². The lowest BCUT2D eigenvalue weighted by Gasteiger charge is -2.30. The highest BCUT2D eigenvalue weighted by Crippen LogP contribution is 2.36. The van der Waals surface area contributed by atoms with Crippen molar-refractivity contribution in [1.82, 2.24) is 0 Å². The Morgan fingerprint density at radius 2 is 0.846 bits per heavy atom. The molecule has 0 amide bonds. The first-order valence-corrected chi connectivity index (χ1v) is 8.63. The van der Waals surface area contributed by atoms with Crippen LogP contribution in [0.3, 0.4) is 0 Å². The molecule has 26 heavy (non-hydrogen) atoms. The second-order valence-corrected chi connectivity index (χ2v) is 8.73. The van der Waals surface area contributed by atoms with Gasteiger partial charge in [0.2, 0.25) is 0 Å². The smallest absolute Gasteiger partial charge is 0.186 e. The first-order chi connectivity index (χ1) is 11.6. The van der Waals surface area contributed by atoms with Crippen molar-refractivity contribution >= 4 is 23.1 Å². The number of rotatable bonds is 0. The van der Waals surface area contributed by atoms with Crippen LogP contribution in [0.25, 0.3) is 0 Å². The molecule has 0 aromatic carbocycles. The Labute approximate surface area is 155 Å². The van der Waals surface area contributed by atoms with Crippen LogP contribution in [-0.2, 0) is 19.2 Å². The Balaban J connectivity index is 0.000000289. The molecule has 0 saturated heterocycles. The number of allylic oxidation sites excluding steroid dienone is 8. The molecule has 0 unspecified atom stereocenters. The highest BCUT2D eigenvalue weighted by atomic mass is 16.1. The average molecular weight is 356 g/mol. The molecule has 0 aromatic rings. The van der Waals surface area contributed by atoms with E-state index in [0.717, 1.165) is 0 Å². The van der Waals surface area contributed by atoms with Crippen LogP contribution >= 0.6 is 0 Å². The van der Waals surface area contributed by atoms with E-state index in [9.17, 15) is 19.2 Å². The molecule has 2 aliphatic carbocycles. The molecule has 0 fully saturated rings. The largest absolute Gasteiger partial charge is 0.290 e. The number of carbonyl (C=O) groups is 4. The molecule has 0 aromatic heterocycles. The predicted molar refractivity (Wildman–Crippen MR) is 103 cm³/mol. The summed E-state index contributed by atoms with van der Waals surface area (Å²) >= 11 is 0. The molecular weight excluding hydrogens is 328 g/mol. The number of Topliss-reactive ketones (excluding diaryl/α,β-unsaturated/α-hetero) is 2. The number of hydrogen-bond donors (Lipinski definition) is 0. The molecule has 2 rings (SSSR count). The SMILES string of the molecule is CC(C)(C)C1=CC(=O)C=C(C(C)(C)C)C1=O.CC1=CC(=O)C=C(C)C1=O. The lowest BCUT2D eigenvalue weighted by Crippen LogP contribution is -2.29. The predicted octanol–water partition coefficient (Wildman–Crippen LogP) is 4.11. The van der Waals surface area contributed by atoms with Crippen molar-refractivity contribution in [2.45, 2.75) is 55.4 Å². The minimum absolute atomic E-state index is 0.0135. The minimum atomic E-state index is -0.280. The third kappa shape index (κ3) is 5.32. The van der Waals surface area contributed by atoms with Crippen molar-refractivity contribution in [2.75, 3.05) is 0 Å². The maximum absolute atomic E-state index is 12.3. The third-order valence-electron chi connectivity index (χ3n) is 4.11. The van der Waals surface area contributed by atoms with E-state index in [2.05, 4.69) is 0 Å². The van der Waals surface area contributed by atoms with Crippen LogP contribution in [0.1, 0.15) is 55.4 Å². The molecule has 0 bridgehead atoms. The summed E-state index contributed by atoms with van der Waals surface area (Å²) in [5.41, 5.74) is 1.74. The van der Waals surface area contributed by atoms with Crippen molar-refractivity contribution in [2.24, 2.45) is 10.8 Å². The summed E-state index contributed by atoms with van der Waals surface area (Å²) < 4.78 is 0. The summed E-state index contributed by atoms with van der Waals surface area (Å²) in [5, 5.41) is 0. The molecule has 0 radical (unpaired) electrons. The number of ketones is 4. The Morgan fingerprint density at radius 1 is 0.538 bits per heavy atom. The zero-order chi connectivity index (χ0) is 20.4. The standard InChI is InChI=1S/C14H20O2.C8H8O2/c1-13(2,3)10-7-9(15)8-11(12(10)16)14(4,5)6;1-5-3-7(9)4-6(2)8(5)10/h7-8H,1-6H3;3-4H,1-2H3. The van der Waals surface area contributed by atoms with Gasteiger partial charge in [-0.15, -0.1) is 0 Å². The van der Waals surface area contributed by atoms with Gasteiger partial charge in [-0.3, -0.25) is 19.2 Å². The van der Waals surface area contributed by atoms with E-state index < -0.39 is 0 Å². The van der Waals surface area contributed by atoms with Crippen LogP contribution in [-0.4, -0.2) is 23.1 Å². The van der Waals surface area contributed by atoms with Crippen LogP contribution in [0.4, 0.5) is 0 Å². The van der Waals surface area contributed by atoms with E-state index in [1.807, 2.05) is 41.5 Å². The summed E-state index contributed by atoms with van der Waals surface area (Å²) in [6.45, 7) is 15.0. The van der Waals surface area contributed by atoms with Gasteiger partial charge in [-0.05, 0) is 49.0 Å². The van der Waals surface area contributed by atoms with Gasteiger partial charge in [0, 0.05) is 22.3 Å². The van der Waals surface area contributed by atoms with E-state index >= 15 is 0 Å². The van der Waals surface area contributed by atoms with Gasteiger partial charge in [-0.1, -0.05) is 41.5 Å². The van der Waals surface area contributed by atoms with E-state index in [1.54, 1.807) is 13.8 Å². The van der Waals surface area contributed by atoms with E-state index in [1.165, 1.54) is 24.3 Å². The van der Waals surface area contributed by atoms with Crippen molar-refractivity contribution in [3.8, 4) is 0 Å². The van der Waals surface area contributed by atoms with Crippen LogP contribution in [0.2, 0.25) is 0 Å². The molecule has 0 spiro atoms. The Kier molecular flexibility index (Phi) is 6.24. The van der Waals surface area contributed by atoms with Crippen LogP contribution in [0.15, 0.2) is 46.6 Å². The fourth-order valence-electron chi connectivity index (χ4n) is 2.63. The molecule has 2 aliphatic rings. The molecule has 0 aliphatic heterocycles. The van der Waals surface area contributed by atoms with Crippen molar-refractivity contribution in [3.05, 3.63) is 46.6 Å². The molecule has 0 N–H and O–H groups in total. The Bertz CT molecular complexity index is 725. The van der Waals surface area contributed by atoms with E-state index in [0.29, 0.717) is 22.3 Å². The maximum atomic E-state index is 12.3. The number of hydrogen-bond acceptors (Lipinski definition) is 4.